The summed E-state index contributed by atoms with van der Waals surface area (Å²) in [5.74, 6) is 0.978. The first-order chi connectivity index (χ1) is 9.04. The number of carbonyl (C=O) groups is 1. The molecule has 0 fully saturated rings. The van der Waals surface area contributed by atoms with Crippen LogP contribution in [-0.4, -0.2) is 44.6 Å². The summed E-state index contributed by atoms with van der Waals surface area (Å²) in [6.07, 6.45) is 0.410. The zero-order valence-electron chi connectivity index (χ0n) is 12.3. The van der Waals surface area contributed by atoms with Gasteiger partial charge in [-0.05, 0) is 38.1 Å². The summed E-state index contributed by atoms with van der Waals surface area (Å²) >= 11 is 0. The molecule has 1 N–H and O–H groups in total. The minimum atomic E-state index is 0.112. The van der Waals surface area contributed by atoms with Crippen LogP contribution in [0.5, 0.6) is 5.75 Å². The number of hydrogen-bond acceptors (Lipinski definition) is 3. The van der Waals surface area contributed by atoms with E-state index in [1.165, 1.54) is 0 Å². The van der Waals surface area contributed by atoms with Crippen molar-refractivity contribution in [2.75, 3.05) is 33.8 Å². The lowest BCUT2D eigenvalue weighted by atomic mass is 10.1. The van der Waals surface area contributed by atoms with E-state index in [2.05, 4.69) is 11.4 Å². The lowest BCUT2D eigenvalue weighted by Crippen LogP contribution is -2.33. The van der Waals surface area contributed by atoms with Crippen molar-refractivity contribution in [1.29, 1.82) is 0 Å². The largest absolute Gasteiger partial charge is 0.493 e. The van der Waals surface area contributed by atoms with Crippen molar-refractivity contribution in [3.05, 3.63) is 29.3 Å². The molecule has 0 unspecified atom stereocenters. The Morgan fingerprint density at radius 3 is 2.79 bits per heavy atom. The molecule has 1 aromatic rings. The van der Waals surface area contributed by atoms with Crippen molar-refractivity contribution >= 4 is 5.91 Å². The molecule has 0 heterocycles. The fraction of sp³-hybridized carbons (Fsp3) is 0.533. The number of hydrogen-bond donors (Lipinski definition) is 1. The smallest absolute Gasteiger partial charge is 0.225 e. The summed E-state index contributed by atoms with van der Waals surface area (Å²) in [4.78, 5) is 13.5. The Morgan fingerprint density at radius 1 is 1.37 bits per heavy atom. The second-order valence-corrected chi connectivity index (χ2v) is 4.79. The summed E-state index contributed by atoms with van der Waals surface area (Å²) < 4.78 is 5.68. The number of carbonyl (C=O) groups excluding carboxylic acids is 1. The van der Waals surface area contributed by atoms with Crippen molar-refractivity contribution < 1.29 is 9.53 Å². The van der Waals surface area contributed by atoms with Crippen LogP contribution in [-0.2, 0) is 4.79 Å². The van der Waals surface area contributed by atoms with Gasteiger partial charge in [0.2, 0.25) is 5.91 Å². The zero-order valence-corrected chi connectivity index (χ0v) is 12.3. The highest BCUT2D eigenvalue weighted by molar-refractivity contribution is 5.76. The first-order valence-electron chi connectivity index (χ1n) is 6.63. The predicted octanol–water partition coefficient (Wildman–Crippen LogP) is 1.75. The molecule has 0 aliphatic rings. The van der Waals surface area contributed by atoms with Gasteiger partial charge in [-0.2, -0.15) is 0 Å². The van der Waals surface area contributed by atoms with Crippen LogP contribution in [0.25, 0.3) is 0 Å². The van der Waals surface area contributed by atoms with Gasteiger partial charge in [-0.25, -0.2) is 0 Å². The molecule has 0 aliphatic heterocycles. The molecule has 1 aromatic carbocycles. The molecule has 0 aromatic heterocycles. The van der Waals surface area contributed by atoms with Gasteiger partial charge in [0.25, 0.3) is 0 Å². The van der Waals surface area contributed by atoms with E-state index in [9.17, 15) is 4.79 Å². The molecular weight excluding hydrogens is 240 g/mol. The molecule has 0 atom stereocenters. The molecule has 0 spiro atoms. The normalized spacial score (nSPS) is 10.3. The van der Waals surface area contributed by atoms with Crippen LogP contribution in [0.15, 0.2) is 18.2 Å². The SMILES string of the molecule is CNCCN(C)C(=O)CCOc1cc(C)ccc1C. The van der Waals surface area contributed by atoms with Crippen molar-refractivity contribution in [3.8, 4) is 5.75 Å². The third-order valence-electron chi connectivity index (χ3n) is 3.04. The van der Waals surface area contributed by atoms with Crippen molar-refractivity contribution in [2.45, 2.75) is 20.3 Å². The average molecular weight is 264 g/mol. The standard InChI is InChI=1S/C15H24N2O2/c1-12-5-6-13(2)14(11-12)19-10-7-15(18)17(4)9-8-16-3/h5-6,11,16H,7-10H2,1-4H3. The second kappa shape index (κ2) is 7.79. The number of nitrogens with zero attached hydrogens (tertiary/aromatic N) is 1. The van der Waals surface area contributed by atoms with Crippen molar-refractivity contribution in [3.63, 3.8) is 0 Å². The van der Waals surface area contributed by atoms with Crippen molar-refractivity contribution in [1.82, 2.24) is 10.2 Å². The molecule has 0 radical (unpaired) electrons. The third-order valence-corrected chi connectivity index (χ3v) is 3.04. The monoisotopic (exact) mass is 264 g/mol. The maximum absolute atomic E-state index is 11.8. The Kier molecular flexibility index (Phi) is 6.36. The van der Waals surface area contributed by atoms with Gasteiger partial charge in [0, 0.05) is 20.1 Å². The van der Waals surface area contributed by atoms with E-state index >= 15 is 0 Å². The molecule has 19 heavy (non-hydrogen) atoms. The van der Waals surface area contributed by atoms with Gasteiger partial charge in [-0.3, -0.25) is 4.79 Å². The maximum atomic E-state index is 11.8. The molecule has 4 heteroatoms. The Hall–Kier alpha value is -1.55. The first-order valence-corrected chi connectivity index (χ1v) is 6.63. The van der Waals surface area contributed by atoms with Crippen LogP contribution in [0.2, 0.25) is 0 Å². The van der Waals surface area contributed by atoms with Crippen LogP contribution in [0, 0.1) is 13.8 Å². The molecule has 0 saturated heterocycles. The molecule has 1 rings (SSSR count). The Morgan fingerprint density at radius 2 is 2.11 bits per heavy atom. The van der Waals surface area contributed by atoms with E-state index in [-0.39, 0.29) is 5.91 Å². The molecule has 106 valence electrons. The third kappa shape index (κ3) is 5.30. The number of likely N-dealkylation sites (N-methyl/N-ethyl adjacent to an activating group) is 2. The maximum Gasteiger partial charge on any atom is 0.225 e. The van der Waals surface area contributed by atoms with Gasteiger partial charge in [0.1, 0.15) is 5.75 Å². The number of nitrogens with one attached hydrogen (secondary N) is 1. The van der Waals surface area contributed by atoms with E-state index in [4.69, 9.17) is 4.74 Å². The van der Waals surface area contributed by atoms with E-state index in [0.717, 1.165) is 30.0 Å². The lowest BCUT2D eigenvalue weighted by Gasteiger charge is -2.17. The second-order valence-electron chi connectivity index (χ2n) is 4.79. The Bertz CT molecular complexity index is 419. The average Bonchev–Trinajstić information content (AvgIpc) is 2.39. The summed E-state index contributed by atoms with van der Waals surface area (Å²) in [5.41, 5.74) is 2.26. The number of benzene rings is 1. The van der Waals surface area contributed by atoms with Gasteiger partial charge in [0.05, 0.1) is 13.0 Å². The zero-order chi connectivity index (χ0) is 14.3. The van der Waals surface area contributed by atoms with Crippen molar-refractivity contribution in [2.24, 2.45) is 0 Å². The first kappa shape index (κ1) is 15.5. The molecule has 0 saturated carbocycles. The molecule has 0 aliphatic carbocycles. The number of aryl methyl sites for hydroxylation is 2. The highest BCUT2D eigenvalue weighted by Gasteiger charge is 2.08. The van der Waals surface area contributed by atoms with E-state index in [1.54, 1.807) is 4.90 Å². The number of rotatable bonds is 7. The molecule has 0 bridgehead atoms. The summed E-state index contributed by atoms with van der Waals surface area (Å²) in [6.45, 7) is 5.99. The van der Waals surface area contributed by atoms with E-state index < -0.39 is 0 Å². The highest BCUT2D eigenvalue weighted by Crippen LogP contribution is 2.19. The fourth-order valence-electron chi connectivity index (χ4n) is 1.71. The highest BCUT2D eigenvalue weighted by atomic mass is 16.5. The van der Waals surface area contributed by atoms with Crippen LogP contribution in [0.1, 0.15) is 17.5 Å². The lowest BCUT2D eigenvalue weighted by molar-refractivity contribution is -0.130. The fourth-order valence-corrected chi connectivity index (χ4v) is 1.71. The number of ether oxygens (including phenoxy) is 1. The van der Waals surface area contributed by atoms with E-state index in [1.807, 2.05) is 40.1 Å². The minimum absolute atomic E-state index is 0.112. The Balaban J connectivity index is 2.37. The molecular formula is C15H24N2O2. The minimum Gasteiger partial charge on any atom is -0.493 e. The van der Waals surface area contributed by atoms with Crippen LogP contribution >= 0.6 is 0 Å². The predicted molar refractivity (Wildman–Crippen MR) is 77.6 cm³/mol. The Labute approximate surface area is 115 Å². The van der Waals surface area contributed by atoms with Gasteiger partial charge in [0.15, 0.2) is 0 Å². The van der Waals surface area contributed by atoms with Gasteiger partial charge >= 0.3 is 0 Å². The summed E-state index contributed by atoms with van der Waals surface area (Å²) in [6, 6.07) is 6.09. The summed E-state index contributed by atoms with van der Waals surface area (Å²) in [5, 5.41) is 3.02. The van der Waals surface area contributed by atoms with Gasteiger partial charge < -0.3 is 15.0 Å². The van der Waals surface area contributed by atoms with Gasteiger partial charge in [-0.1, -0.05) is 12.1 Å². The molecule has 1 amide bonds. The van der Waals surface area contributed by atoms with E-state index in [0.29, 0.717) is 13.0 Å². The number of amides is 1. The van der Waals surface area contributed by atoms with Crippen LogP contribution < -0.4 is 10.1 Å². The summed E-state index contributed by atoms with van der Waals surface area (Å²) in [7, 11) is 3.69. The quantitative estimate of drug-likeness (QED) is 0.816. The van der Waals surface area contributed by atoms with Crippen LogP contribution in [0.4, 0.5) is 0 Å². The van der Waals surface area contributed by atoms with Crippen LogP contribution in [0.3, 0.4) is 0 Å². The molecule has 4 nitrogen and oxygen atoms in total. The topological polar surface area (TPSA) is 41.6 Å². The van der Waals surface area contributed by atoms with Gasteiger partial charge in [-0.15, -0.1) is 0 Å².